The van der Waals surface area contributed by atoms with Crippen molar-refractivity contribution in [1.29, 1.82) is 0 Å². The summed E-state index contributed by atoms with van der Waals surface area (Å²) in [5.74, 6) is 1.92. The van der Waals surface area contributed by atoms with Crippen LogP contribution in [0.1, 0.15) is 64.7 Å². The van der Waals surface area contributed by atoms with E-state index in [1.54, 1.807) is 6.92 Å². The Morgan fingerprint density at radius 3 is 2.46 bits per heavy atom. The molecule has 0 radical (unpaired) electrons. The van der Waals surface area contributed by atoms with E-state index in [4.69, 9.17) is 0 Å². The van der Waals surface area contributed by atoms with Crippen LogP contribution < -0.4 is 0 Å². The zero-order valence-electron chi connectivity index (χ0n) is 16.0. The molecule has 3 atom stereocenters. The van der Waals surface area contributed by atoms with E-state index in [0.717, 1.165) is 50.4 Å². The number of rotatable bonds is 2. The molecule has 2 saturated heterocycles. The highest BCUT2D eigenvalue weighted by Gasteiger charge is 2.39. The summed E-state index contributed by atoms with van der Waals surface area (Å²) in [6.45, 7) is 4.40. The van der Waals surface area contributed by atoms with Gasteiger partial charge >= 0.3 is 0 Å². The molecule has 4 nitrogen and oxygen atoms in total. The van der Waals surface area contributed by atoms with Crippen LogP contribution in [0.25, 0.3) is 0 Å². The first kappa shape index (κ1) is 18.4. The van der Waals surface area contributed by atoms with Crippen LogP contribution in [0, 0.1) is 11.8 Å². The summed E-state index contributed by atoms with van der Waals surface area (Å²) in [4.78, 5) is 28.9. The maximum absolute atomic E-state index is 13.2. The lowest BCUT2D eigenvalue weighted by Crippen LogP contribution is -2.50. The van der Waals surface area contributed by atoms with E-state index in [2.05, 4.69) is 10.3 Å². The molecule has 4 aliphatic rings. The first-order valence-electron chi connectivity index (χ1n) is 10.5. The number of hydrogen-bond acceptors (Lipinski definition) is 3. The van der Waals surface area contributed by atoms with Gasteiger partial charge in [0.1, 0.15) is 0 Å². The van der Waals surface area contributed by atoms with Gasteiger partial charge in [0.15, 0.2) is 0 Å². The molecule has 2 amide bonds. The number of piperidine rings is 2. The molecular formula is C21H32N2O2S. The fraction of sp³-hybridized carbons (Fsp3) is 0.810. The van der Waals surface area contributed by atoms with E-state index < -0.39 is 0 Å². The Morgan fingerprint density at radius 2 is 1.69 bits per heavy atom. The highest BCUT2D eigenvalue weighted by Crippen LogP contribution is 2.42. The molecule has 0 spiro atoms. The van der Waals surface area contributed by atoms with E-state index in [1.165, 1.54) is 38.5 Å². The van der Waals surface area contributed by atoms with Gasteiger partial charge < -0.3 is 9.80 Å². The summed E-state index contributed by atoms with van der Waals surface area (Å²) in [6, 6.07) is 0.508. The highest BCUT2D eigenvalue weighted by atomic mass is 32.2. The zero-order valence-corrected chi connectivity index (χ0v) is 16.8. The minimum Gasteiger partial charge on any atom is -0.343 e. The lowest BCUT2D eigenvalue weighted by Gasteiger charge is -2.44. The van der Waals surface area contributed by atoms with Gasteiger partial charge in [-0.15, -0.1) is 11.8 Å². The third kappa shape index (κ3) is 3.69. The van der Waals surface area contributed by atoms with Gasteiger partial charge in [0.05, 0.1) is 0 Å². The molecule has 0 aromatic rings. The van der Waals surface area contributed by atoms with Crippen LogP contribution in [0.4, 0.5) is 0 Å². The van der Waals surface area contributed by atoms with Crippen LogP contribution in [-0.4, -0.2) is 52.5 Å². The van der Waals surface area contributed by atoms with Crippen LogP contribution in [-0.2, 0) is 9.59 Å². The number of carbonyl (C=O) groups is 2. The lowest BCUT2D eigenvalue weighted by atomic mass is 9.78. The Balaban J connectivity index is 1.33. The average Bonchev–Trinajstić information content (AvgIpc) is 3.17. The predicted octanol–water partition coefficient (Wildman–Crippen LogP) is 3.82. The van der Waals surface area contributed by atoms with Gasteiger partial charge in [-0.05, 0) is 62.2 Å². The number of thioether (sulfide) groups is 1. The molecule has 3 heterocycles. The van der Waals surface area contributed by atoms with E-state index in [-0.39, 0.29) is 5.91 Å². The molecule has 0 bridgehead atoms. The third-order valence-electron chi connectivity index (χ3n) is 7.10. The van der Waals surface area contributed by atoms with E-state index in [9.17, 15) is 9.59 Å². The first-order chi connectivity index (χ1) is 12.6. The number of fused-ring (bicyclic) bond motifs is 1. The Bertz CT molecular complexity index is 581. The fourth-order valence-electron chi connectivity index (χ4n) is 5.55. The molecule has 1 saturated carbocycles. The van der Waals surface area contributed by atoms with Gasteiger partial charge in [-0.1, -0.05) is 12.8 Å². The van der Waals surface area contributed by atoms with Crippen molar-refractivity contribution in [3.8, 4) is 0 Å². The largest absolute Gasteiger partial charge is 0.343 e. The molecule has 3 unspecified atom stereocenters. The predicted molar refractivity (Wildman–Crippen MR) is 106 cm³/mol. The van der Waals surface area contributed by atoms with E-state index in [0.29, 0.717) is 23.1 Å². The molecule has 0 N–H and O–H groups in total. The number of likely N-dealkylation sites (tertiary alicyclic amines) is 2. The van der Waals surface area contributed by atoms with Crippen LogP contribution in [0.5, 0.6) is 0 Å². The van der Waals surface area contributed by atoms with Crippen molar-refractivity contribution in [2.45, 2.75) is 76.0 Å². The monoisotopic (exact) mass is 376 g/mol. The van der Waals surface area contributed by atoms with E-state index >= 15 is 0 Å². The molecule has 1 aliphatic carbocycles. The van der Waals surface area contributed by atoms with Crippen LogP contribution in [0.3, 0.4) is 0 Å². The van der Waals surface area contributed by atoms with Gasteiger partial charge in [0.2, 0.25) is 5.91 Å². The standard InChI is InChI=1S/C21H32N2O2S/c1-15(24)22-11-8-17(9-12-22)20-13-18(14-26-20)21(25)23-10-4-6-16-5-2-3-7-19(16)23/h14,16-17,19-20H,2-13H2,1H3. The van der Waals surface area contributed by atoms with Gasteiger partial charge in [-0.2, -0.15) is 0 Å². The number of carbonyl (C=O) groups excluding carboxylic acids is 2. The number of hydrogen-bond donors (Lipinski definition) is 0. The smallest absolute Gasteiger partial charge is 0.250 e. The Kier molecular flexibility index (Phi) is 5.63. The van der Waals surface area contributed by atoms with Crippen LogP contribution in [0.2, 0.25) is 0 Å². The molecule has 0 aromatic carbocycles. The molecule has 0 aromatic heterocycles. The summed E-state index contributed by atoms with van der Waals surface area (Å²) in [5.41, 5.74) is 1.06. The molecule has 4 rings (SSSR count). The van der Waals surface area contributed by atoms with Crippen LogP contribution >= 0.6 is 11.8 Å². The quantitative estimate of drug-likeness (QED) is 0.736. The average molecular weight is 377 g/mol. The Labute approximate surface area is 161 Å². The maximum atomic E-state index is 13.2. The third-order valence-corrected chi connectivity index (χ3v) is 8.42. The first-order valence-corrected chi connectivity index (χ1v) is 11.5. The second-order valence-corrected chi connectivity index (χ2v) is 9.73. The lowest BCUT2D eigenvalue weighted by molar-refractivity contribution is -0.133. The number of nitrogens with zero attached hydrogens (tertiary/aromatic N) is 2. The minimum atomic E-state index is 0.198. The second kappa shape index (κ2) is 7.95. The van der Waals surface area contributed by atoms with Crippen molar-refractivity contribution < 1.29 is 9.59 Å². The van der Waals surface area contributed by atoms with Crippen LogP contribution in [0.15, 0.2) is 11.0 Å². The van der Waals surface area contributed by atoms with Gasteiger partial charge in [0.25, 0.3) is 5.91 Å². The van der Waals surface area contributed by atoms with Gasteiger partial charge in [0, 0.05) is 43.4 Å². The Hall–Kier alpha value is -0.970. The number of amides is 2. The summed E-state index contributed by atoms with van der Waals surface area (Å²) in [7, 11) is 0. The SMILES string of the molecule is CC(=O)N1CCC(C2CC(C(=O)N3CCCC4CCCCC43)=CS2)CC1. The minimum absolute atomic E-state index is 0.198. The van der Waals surface area contributed by atoms with Gasteiger partial charge in [-0.3, -0.25) is 9.59 Å². The van der Waals surface area contributed by atoms with Gasteiger partial charge in [-0.25, -0.2) is 0 Å². The zero-order chi connectivity index (χ0) is 18.1. The van der Waals surface area contributed by atoms with Crippen molar-refractivity contribution in [3.63, 3.8) is 0 Å². The maximum Gasteiger partial charge on any atom is 0.250 e. The molecule has 3 fully saturated rings. The highest BCUT2D eigenvalue weighted by molar-refractivity contribution is 8.03. The molecule has 26 heavy (non-hydrogen) atoms. The summed E-state index contributed by atoms with van der Waals surface area (Å²) < 4.78 is 0. The van der Waals surface area contributed by atoms with Crippen molar-refractivity contribution in [2.75, 3.05) is 19.6 Å². The molecule has 3 aliphatic heterocycles. The molecule has 5 heteroatoms. The Morgan fingerprint density at radius 1 is 0.962 bits per heavy atom. The normalized spacial score (nSPS) is 33.0. The molecular weight excluding hydrogens is 344 g/mol. The fourth-order valence-corrected chi connectivity index (χ4v) is 6.85. The van der Waals surface area contributed by atoms with Crippen molar-refractivity contribution >= 4 is 23.6 Å². The summed E-state index contributed by atoms with van der Waals surface area (Å²) >= 11 is 1.88. The van der Waals surface area contributed by atoms with Crippen molar-refractivity contribution in [2.24, 2.45) is 11.8 Å². The van der Waals surface area contributed by atoms with Crippen molar-refractivity contribution in [3.05, 3.63) is 11.0 Å². The second-order valence-electron chi connectivity index (χ2n) is 8.62. The topological polar surface area (TPSA) is 40.6 Å². The summed E-state index contributed by atoms with van der Waals surface area (Å²) in [6.07, 6.45) is 10.8. The van der Waals surface area contributed by atoms with E-state index in [1.807, 2.05) is 16.7 Å². The molecule has 144 valence electrons. The van der Waals surface area contributed by atoms with Crippen molar-refractivity contribution in [1.82, 2.24) is 9.80 Å². The summed E-state index contributed by atoms with van der Waals surface area (Å²) in [5, 5.41) is 2.70.